The molecule has 0 saturated carbocycles. The fraction of sp³-hybridized carbons (Fsp3) is 0.286. The van der Waals surface area contributed by atoms with E-state index in [9.17, 15) is 4.39 Å². The first-order valence-corrected chi connectivity index (χ1v) is 3.18. The topological polar surface area (TPSA) is 24.9 Å². The number of halogens is 1. The van der Waals surface area contributed by atoms with E-state index in [-0.39, 0.29) is 0 Å². The molecule has 0 saturated heterocycles. The van der Waals surface area contributed by atoms with Crippen LogP contribution in [0.3, 0.4) is 0 Å². The van der Waals surface area contributed by atoms with Gasteiger partial charge in [0.05, 0.1) is 11.9 Å². The molecule has 2 nitrogen and oxygen atoms in total. The summed E-state index contributed by atoms with van der Waals surface area (Å²) in [4.78, 5) is 3.47. The fourth-order valence-electron chi connectivity index (χ4n) is 0.685. The van der Waals surface area contributed by atoms with E-state index in [4.69, 9.17) is 0 Å². The second kappa shape index (κ2) is 3.15. The van der Waals surface area contributed by atoms with Crippen molar-refractivity contribution in [2.45, 2.75) is 6.92 Å². The van der Waals surface area contributed by atoms with Crippen molar-refractivity contribution in [3.63, 3.8) is 0 Å². The highest BCUT2D eigenvalue weighted by Crippen LogP contribution is 2.03. The summed E-state index contributed by atoms with van der Waals surface area (Å²) < 4.78 is 12.2. The Balaban J connectivity index is 2.69. The Morgan fingerprint density at radius 1 is 1.60 bits per heavy atom. The van der Waals surface area contributed by atoms with E-state index in [1.807, 2.05) is 6.92 Å². The van der Waals surface area contributed by atoms with Crippen LogP contribution in [0.1, 0.15) is 6.92 Å². The average Bonchev–Trinajstić information content (AvgIpc) is 1.95. The van der Waals surface area contributed by atoms with Crippen LogP contribution in [0.5, 0.6) is 0 Å². The molecule has 0 aliphatic carbocycles. The maximum Gasteiger partial charge on any atom is 0.212 e. The Labute approximate surface area is 59.1 Å². The lowest BCUT2D eigenvalue weighted by Crippen LogP contribution is -1.96. The molecule has 0 radical (unpaired) electrons. The third kappa shape index (κ3) is 1.69. The molecular formula is C7H9FN2. The normalized spacial score (nSPS) is 9.40. The van der Waals surface area contributed by atoms with E-state index in [1.165, 1.54) is 12.3 Å². The van der Waals surface area contributed by atoms with E-state index in [0.717, 1.165) is 12.2 Å². The highest BCUT2D eigenvalue weighted by molar-refractivity contribution is 5.39. The van der Waals surface area contributed by atoms with Gasteiger partial charge in [0.1, 0.15) is 0 Å². The van der Waals surface area contributed by atoms with Gasteiger partial charge in [-0.1, -0.05) is 0 Å². The van der Waals surface area contributed by atoms with Crippen LogP contribution in [-0.4, -0.2) is 11.5 Å². The molecule has 0 aliphatic rings. The van der Waals surface area contributed by atoms with Gasteiger partial charge < -0.3 is 5.32 Å². The molecule has 1 aromatic heterocycles. The monoisotopic (exact) mass is 140 g/mol. The molecule has 0 bridgehead atoms. The van der Waals surface area contributed by atoms with Crippen molar-refractivity contribution >= 4 is 5.69 Å². The highest BCUT2D eigenvalue weighted by atomic mass is 19.1. The SMILES string of the molecule is CCNc1ccc(F)nc1. The first-order valence-electron chi connectivity index (χ1n) is 3.18. The Hall–Kier alpha value is -1.12. The van der Waals surface area contributed by atoms with Gasteiger partial charge in [-0.15, -0.1) is 0 Å². The van der Waals surface area contributed by atoms with Gasteiger partial charge in [-0.2, -0.15) is 4.39 Å². The van der Waals surface area contributed by atoms with Gasteiger partial charge in [0.15, 0.2) is 0 Å². The zero-order valence-corrected chi connectivity index (χ0v) is 5.76. The summed E-state index contributed by atoms with van der Waals surface area (Å²) >= 11 is 0. The van der Waals surface area contributed by atoms with Crippen molar-refractivity contribution < 1.29 is 4.39 Å². The van der Waals surface area contributed by atoms with Crippen molar-refractivity contribution in [3.8, 4) is 0 Å². The Morgan fingerprint density at radius 2 is 2.40 bits per heavy atom. The van der Waals surface area contributed by atoms with Gasteiger partial charge in [0.25, 0.3) is 0 Å². The fourth-order valence-corrected chi connectivity index (χ4v) is 0.685. The first kappa shape index (κ1) is 6.99. The molecule has 1 heterocycles. The zero-order valence-electron chi connectivity index (χ0n) is 5.76. The second-order valence-corrected chi connectivity index (χ2v) is 1.90. The third-order valence-electron chi connectivity index (χ3n) is 1.11. The largest absolute Gasteiger partial charge is 0.384 e. The molecule has 0 aromatic carbocycles. The standard InChI is InChI=1S/C7H9FN2/c1-2-9-6-3-4-7(8)10-5-6/h3-5,9H,2H2,1H3. The lowest BCUT2D eigenvalue weighted by Gasteiger charge is -1.99. The maximum atomic E-state index is 12.2. The summed E-state index contributed by atoms with van der Waals surface area (Å²) in [5.74, 6) is -0.443. The third-order valence-corrected chi connectivity index (χ3v) is 1.11. The maximum absolute atomic E-state index is 12.2. The quantitative estimate of drug-likeness (QED) is 0.632. The molecule has 1 rings (SSSR count). The number of nitrogens with zero attached hydrogens (tertiary/aromatic N) is 1. The Bertz CT molecular complexity index is 195. The molecule has 0 fully saturated rings. The molecule has 54 valence electrons. The van der Waals surface area contributed by atoms with Crippen LogP contribution < -0.4 is 5.32 Å². The van der Waals surface area contributed by atoms with E-state index in [2.05, 4.69) is 10.3 Å². The number of nitrogens with one attached hydrogen (secondary N) is 1. The number of hydrogen-bond acceptors (Lipinski definition) is 2. The van der Waals surface area contributed by atoms with Gasteiger partial charge in [-0.05, 0) is 19.1 Å². The van der Waals surface area contributed by atoms with Crippen LogP contribution in [-0.2, 0) is 0 Å². The number of rotatable bonds is 2. The van der Waals surface area contributed by atoms with Gasteiger partial charge >= 0.3 is 0 Å². The van der Waals surface area contributed by atoms with Crippen LogP contribution in [0, 0.1) is 5.95 Å². The summed E-state index contributed by atoms with van der Waals surface area (Å²) in [6.07, 6.45) is 1.47. The number of hydrogen-bond donors (Lipinski definition) is 1. The molecule has 3 heteroatoms. The van der Waals surface area contributed by atoms with Gasteiger partial charge in [-0.25, -0.2) is 4.98 Å². The summed E-state index contributed by atoms with van der Waals surface area (Å²) in [6.45, 7) is 2.80. The van der Waals surface area contributed by atoms with E-state index < -0.39 is 5.95 Å². The summed E-state index contributed by atoms with van der Waals surface area (Å²) in [6, 6.07) is 2.99. The van der Waals surface area contributed by atoms with Gasteiger partial charge in [-0.3, -0.25) is 0 Å². The number of pyridine rings is 1. The smallest absolute Gasteiger partial charge is 0.212 e. The van der Waals surface area contributed by atoms with Crippen molar-refractivity contribution in [3.05, 3.63) is 24.3 Å². The van der Waals surface area contributed by atoms with Crippen LogP contribution in [0.15, 0.2) is 18.3 Å². The first-order chi connectivity index (χ1) is 4.83. The minimum Gasteiger partial charge on any atom is -0.384 e. The second-order valence-electron chi connectivity index (χ2n) is 1.90. The minimum atomic E-state index is -0.443. The van der Waals surface area contributed by atoms with E-state index >= 15 is 0 Å². The van der Waals surface area contributed by atoms with Gasteiger partial charge in [0, 0.05) is 6.54 Å². The van der Waals surface area contributed by atoms with Crippen molar-refractivity contribution in [2.24, 2.45) is 0 Å². The van der Waals surface area contributed by atoms with Crippen LogP contribution in [0.25, 0.3) is 0 Å². The van der Waals surface area contributed by atoms with Gasteiger partial charge in [0.2, 0.25) is 5.95 Å². The Morgan fingerprint density at radius 3 is 2.90 bits per heavy atom. The number of anilines is 1. The molecule has 10 heavy (non-hydrogen) atoms. The summed E-state index contributed by atoms with van der Waals surface area (Å²) in [7, 11) is 0. The molecule has 0 spiro atoms. The summed E-state index contributed by atoms with van der Waals surface area (Å²) in [5.41, 5.74) is 0.851. The number of aromatic nitrogens is 1. The lowest BCUT2D eigenvalue weighted by atomic mass is 10.4. The highest BCUT2D eigenvalue weighted by Gasteiger charge is 1.90. The van der Waals surface area contributed by atoms with Crippen LogP contribution in [0.4, 0.5) is 10.1 Å². The molecule has 0 atom stereocenters. The average molecular weight is 140 g/mol. The predicted octanol–water partition coefficient (Wildman–Crippen LogP) is 1.65. The molecule has 0 unspecified atom stereocenters. The van der Waals surface area contributed by atoms with E-state index in [0.29, 0.717) is 0 Å². The zero-order chi connectivity index (χ0) is 7.40. The predicted molar refractivity (Wildman–Crippen MR) is 38.4 cm³/mol. The molecule has 1 N–H and O–H groups in total. The molecule has 0 aliphatic heterocycles. The van der Waals surface area contributed by atoms with Crippen LogP contribution in [0.2, 0.25) is 0 Å². The molecule has 0 amide bonds. The molecule has 1 aromatic rings. The lowest BCUT2D eigenvalue weighted by molar-refractivity contribution is 0.584. The van der Waals surface area contributed by atoms with Crippen molar-refractivity contribution in [2.75, 3.05) is 11.9 Å². The Kier molecular flexibility index (Phi) is 2.20. The van der Waals surface area contributed by atoms with Crippen LogP contribution >= 0.6 is 0 Å². The molecular weight excluding hydrogens is 131 g/mol. The van der Waals surface area contributed by atoms with Crippen molar-refractivity contribution in [1.82, 2.24) is 4.98 Å². The minimum absolute atomic E-state index is 0.443. The van der Waals surface area contributed by atoms with E-state index in [1.54, 1.807) is 6.07 Å². The summed E-state index contributed by atoms with van der Waals surface area (Å²) in [5, 5.41) is 3.01. The van der Waals surface area contributed by atoms with Crippen molar-refractivity contribution in [1.29, 1.82) is 0 Å².